The van der Waals surface area contributed by atoms with Crippen LogP contribution in [-0.2, 0) is 11.4 Å². The number of halogens is 1. The van der Waals surface area contributed by atoms with E-state index in [0.717, 1.165) is 21.3 Å². The summed E-state index contributed by atoms with van der Waals surface area (Å²) >= 11 is 3.43. The molecule has 1 aromatic carbocycles. The Labute approximate surface area is 85.9 Å². The second kappa shape index (κ2) is 4.60. The zero-order valence-electron chi connectivity index (χ0n) is 7.63. The van der Waals surface area contributed by atoms with Crippen LogP contribution in [0.5, 0.6) is 5.75 Å². The Morgan fingerprint density at radius 2 is 2.15 bits per heavy atom. The highest BCUT2D eigenvalue weighted by atomic mass is 79.9. The lowest BCUT2D eigenvalue weighted by atomic mass is 10.1. The van der Waals surface area contributed by atoms with Gasteiger partial charge in [-0.25, -0.2) is 5.90 Å². The van der Waals surface area contributed by atoms with Gasteiger partial charge in [0.15, 0.2) is 0 Å². The average Bonchev–Trinajstić information content (AvgIpc) is 2.14. The first kappa shape index (κ1) is 10.5. The minimum Gasteiger partial charge on any atom is -0.496 e. The molecule has 4 heteroatoms. The molecule has 0 heterocycles. The van der Waals surface area contributed by atoms with Gasteiger partial charge in [-0.15, -0.1) is 0 Å². The largest absolute Gasteiger partial charge is 0.496 e. The van der Waals surface area contributed by atoms with Crippen LogP contribution in [0.1, 0.15) is 11.1 Å². The van der Waals surface area contributed by atoms with E-state index in [1.807, 2.05) is 19.1 Å². The van der Waals surface area contributed by atoms with Gasteiger partial charge in [-0.2, -0.15) is 0 Å². The smallest absolute Gasteiger partial charge is 0.124 e. The van der Waals surface area contributed by atoms with Crippen LogP contribution in [0.2, 0.25) is 0 Å². The number of rotatable bonds is 3. The van der Waals surface area contributed by atoms with Crippen LogP contribution in [0.3, 0.4) is 0 Å². The summed E-state index contributed by atoms with van der Waals surface area (Å²) in [6.07, 6.45) is 0. The predicted octanol–water partition coefficient (Wildman–Crippen LogP) is 2.16. The predicted molar refractivity (Wildman–Crippen MR) is 54.4 cm³/mol. The van der Waals surface area contributed by atoms with E-state index in [0.29, 0.717) is 6.61 Å². The Bertz CT molecular complexity index is 302. The van der Waals surface area contributed by atoms with E-state index in [1.54, 1.807) is 7.11 Å². The molecule has 0 aliphatic heterocycles. The molecule has 0 amide bonds. The van der Waals surface area contributed by atoms with Gasteiger partial charge < -0.3 is 4.74 Å². The summed E-state index contributed by atoms with van der Waals surface area (Å²) in [7, 11) is 1.63. The van der Waals surface area contributed by atoms with Crippen LogP contribution in [-0.4, -0.2) is 7.11 Å². The van der Waals surface area contributed by atoms with E-state index in [1.165, 1.54) is 0 Å². The van der Waals surface area contributed by atoms with Gasteiger partial charge in [-0.1, -0.05) is 15.9 Å². The second-order valence-electron chi connectivity index (χ2n) is 2.66. The van der Waals surface area contributed by atoms with Crippen molar-refractivity contribution in [2.45, 2.75) is 13.5 Å². The maximum absolute atomic E-state index is 5.18. The highest BCUT2D eigenvalue weighted by molar-refractivity contribution is 9.10. The number of ether oxygens (including phenoxy) is 1. The monoisotopic (exact) mass is 245 g/mol. The zero-order valence-corrected chi connectivity index (χ0v) is 9.22. The Balaban J connectivity index is 3.15. The lowest BCUT2D eigenvalue weighted by Gasteiger charge is -2.11. The molecule has 0 atom stereocenters. The molecule has 0 fully saturated rings. The summed E-state index contributed by atoms with van der Waals surface area (Å²) in [5.41, 5.74) is 2.06. The first-order chi connectivity index (χ1) is 6.20. The van der Waals surface area contributed by atoms with Crippen LogP contribution >= 0.6 is 15.9 Å². The van der Waals surface area contributed by atoms with Crippen molar-refractivity contribution in [2.24, 2.45) is 5.90 Å². The number of nitrogens with two attached hydrogens (primary N) is 1. The molecule has 0 radical (unpaired) electrons. The quantitative estimate of drug-likeness (QED) is 0.831. The van der Waals surface area contributed by atoms with Gasteiger partial charge >= 0.3 is 0 Å². The van der Waals surface area contributed by atoms with E-state index >= 15 is 0 Å². The first-order valence-electron chi connectivity index (χ1n) is 3.84. The number of hydrogen-bond acceptors (Lipinski definition) is 3. The third-order valence-corrected chi connectivity index (χ3v) is 2.80. The van der Waals surface area contributed by atoms with Gasteiger partial charge in [0.25, 0.3) is 0 Å². The second-order valence-corrected chi connectivity index (χ2v) is 3.52. The van der Waals surface area contributed by atoms with Crippen molar-refractivity contribution in [2.75, 3.05) is 7.11 Å². The molecular weight excluding hydrogens is 234 g/mol. The topological polar surface area (TPSA) is 44.5 Å². The summed E-state index contributed by atoms with van der Waals surface area (Å²) in [4.78, 5) is 4.61. The molecule has 0 saturated heterocycles. The van der Waals surface area contributed by atoms with Gasteiger partial charge in [0, 0.05) is 10.0 Å². The maximum atomic E-state index is 5.18. The molecule has 0 spiro atoms. The van der Waals surface area contributed by atoms with Crippen molar-refractivity contribution in [3.05, 3.63) is 27.7 Å². The molecule has 0 bridgehead atoms. The molecule has 2 N–H and O–H groups in total. The maximum Gasteiger partial charge on any atom is 0.124 e. The van der Waals surface area contributed by atoms with Gasteiger partial charge in [0.1, 0.15) is 5.75 Å². The van der Waals surface area contributed by atoms with Gasteiger partial charge in [0.2, 0.25) is 0 Å². The Morgan fingerprint density at radius 3 is 2.69 bits per heavy atom. The van der Waals surface area contributed by atoms with Crippen LogP contribution in [0.4, 0.5) is 0 Å². The molecule has 0 aromatic heterocycles. The zero-order chi connectivity index (χ0) is 9.84. The van der Waals surface area contributed by atoms with E-state index in [-0.39, 0.29) is 0 Å². The van der Waals surface area contributed by atoms with Crippen molar-refractivity contribution in [3.8, 4) is 5.75 Å². The fourth-order valence-corrected chi connectivity index (χ4v) is 1.53. The normalized spacial score (nSPS) is 10.2. The summed E-state index contributed by atoms with van der Waals surface area (Å²) in [6, 6.07) is 3.82. The van der Waals surface area contributed by atoms with Gasteiger partial charge in [0.05, 0.1) is 13.7 Å². The van der Waals surface area contributed by atoms with Gasteiger partial charge in [-0.3, -0.25) is 4.84 Å². The minimum atomic E-state index is 0.356. The standard InChI is InChI=1S/C9H12BrNO2/c1-6-7(5-13-11)9(12-2)4-3-8(6)10/h3-4H,5,11H2,1-2H3. The van der Waals surface area contributed by atoms with Crippen LogP contribution in [0.15, 0.2) is 16.6 Å². The molecule has 0 aliphatic carbocycles. The van der Waals surface area contributed by atoms with Crippen molar-refractivity contribution in [1.82, 2.24) is 0 Å². The molecule has 13 heavy (non-hydrogen) atoms. The van der Waals surface area contributed by atoms with E-state index < -0.39 is 0 Å². The summed E-state index contributed by atoms with van der Waals surface area (Å²) in [6.45, 7) is 2.34. The first-order valence-corrected chi connectivity index (χ1v) is 4.63. The Kier molecular flexibility index (Phi) is 3.71. The molecule has 0 saturated carbocycles. The molecule has 72 valence electrons. The molecule has 0 aliphatic rings. The molecular formula is C9H12BrNO2. The fourth-order valence-electron chi connectivity index (χ4n) is 1.16. The number of benzene rings is 1. The number of hydrogen-bond donors (Lipinski definition) is 1. The van der Waals surface area contributed by atoms with E-state index in [4.69, 9.17) is 10.6 Å². The van der Waals surface area contributed by atoms with Crippen molar-refractivity contribution >= 4 is 15.9 Å². The third-order valence-electron chi connectivity index (χ3n) is 1.94. The Morgan fingerprint density at radius 1 is 1.46 bits per heavy atom. The lowest BCUT2D eigenvalue weighted by molar-refractivity contribution is 0.121. The fraction of sp³-hybridized carbons (Fsp3) is 0.333. The summed E-state index contributed by atoms with van der Waals surface area (Å²) in [5, 5.41) is 0. The highest BCUT2D eigenvalue weighted by Gasteiger charge is 2.08. The molecule has 1 aromatic rings. The third kappa shape index (κ3) is 2.21. The lowest BCUT2D eigenvalue weighted by Crippen LogP contribution is -2.03. The van der Waals surface area contributed by atoms with E-state index in [2.05, 4.69) is 20.8 Å². The highest BCUT2D eigenvalue weighted by Crippen LogP contribution is 2.28. The van der Waals surface area contributed by atoms with Crippen LogP contribution in [0, 0.1) is 6.92 Å². The minimum absolute atomic E-state index is 0.356. The van der Waals surface area contributed by atoms with Crippen molar-refractivity contribution in [1.29, 1.82) is 0 Å². The van der Waals surface area contributed by atoms with Crippen LogP contribution in [0.25, 0.3) is 0 Å². The number of methoxy groups -OCH3 is 1. The van der Waals surface area contributed by atoms with Crippen LogP contribution < -0.4 is 10.6 Å². The molecule has 1 rings (SSSR count). The SMILES string of the molecule is COc1ccc(Br)c(C)c1CON. The van der Waals surface area contributed by atoms with Gasteiger partial charge in [-0.05, 0) is 24.6 Å². The molecule has 3 nitrogen and oxygen atoms in total. The van der Waals surface area contributed by atoms with Crippen molar-refractivity contribution in [3.63, 3.8) is 0 Å². The van der Waals surface area contributed by atoms with E-state index in [9.17, 15) is 0 Å². The summed E-state index contributed by atoms with van der Waals surface area (Å²) in [5.74, 6) is 5.83. The molecule has 0 unspecified atom stereocenters. The average molecular weight is 246 g/mol. The van der Waals surface area contributed by atoms with Crippen molar-refractivity contribution < 1.29 is 9.57 Å². The Hall–Kier alpha value is -0.580. The summed E-state index contributed by atoms with van der Waals surface area (Å²) < 4.78 is 6.21.